The minimum atomic E-state index is -4.16. The second kappa shape index (κ2) is 4.05. The average Bonchev–Trinajstić information content (AvgIpc) is 2.15. The summed E-state index contributed by atoms with van der Waals surface area (Å²) in [6.07, 6.45) is 0. The highest BCUT2D eigenvalue weighted by molar-refractivity contribution is 7.85. The molecule has 0 fully saturated rings. The SMILES string of the molecule is N[C@H](CO)c1ccc(S(=O)(=O)O)cc1. The van der Waals surface area contributed by atoms with Crippen LogP contribution in [0, 0.1) is 0 Å². The first-order valence-electron chi connectivity index (χ1n) is 3.89. The number of aliphatic hydroxyl groups is 1. The Hall–Kier alpha value is -0.950. The maximum atomic E-state index is 10.7. The molecular formula is C8H11NO4S. The first-order valence-corrected chi connectivity index (χ1v) is 5.33. The molecule has 0 aromatic heterocycles. The Morgan fingerprint density at radius 3 is 2.14 bits per heavy atom. The third kappa shape index (κ3) is 2.52. The molecule has 1 aromatic rings. The lowest BCUT2D eigenvalue weighted by atomic mass is 10.1. The fraction of sp³-hybridized carbons (Fsp3) is 0.250. The van der Waals surface area contributed by atoms with Gasteiger partial charge in [0, 0.05) is 0 Å². The van der Waals surface area contributed by atoms with E-state index in [0.717, 1.165) is 0 Å². The van der Waals surface area contributed by atoms with Gasteiger partial charge >= 0.3 is 0 Å². The van der Waals surface area contributed by atoms with Crippen molar-refractivity contribution in [1.29, 1.82) is 0 Å². The molecule has 0 saturated carbocycles. The molecule has 0 aliphatic heterocycles. The van der Waals surface area contributed by atoms with Crippen molar-refractivity contribution in [3.05, 3.63) is 29.8 Å². The quantitative estimate of drug-likeness (QED) is 0.615. The summed E-state index contributed by atoms with van der Waals surface area (Å²) in [6.45, 7) is -0.217. The highest BCUT2D eigenvalue weighted by Crippen LogP contribution is 2.14. The first kappa shape index (κ1) is 11.1. The highest BCUT2D eigenvalue weighted by Gasteiger charge is 2.10. The summed E-state index contributed by atoms with van der Waals surface area (Å²) in [4.78, 5) is -0.189. The van der Waals surface area contributed by atoms with Crippen LogP contribution >= 0.6 is 0 Å². The van der Waals surface area contributed by atoms with Gasteiger partial charge in [0.15, 0.2) is 0 Å². The molecule has 78 valence electrons. The number of nitrogens with two attached hydrogens (primary N) is 1. The molecule has 0 aliphatic rings. The third-order valence-corrected chi connectivity index (χ3v) is 2.67. The van der Waals surface area contributed by atoms with Gasteiger partial charge < -0.3 is 10.8 Å². The van der Waals surface area contributed by atoms with Crippen LogP contribution in [0.25, 0.3) is 0 Å². The van der Waals surface area contributed by atoms with Gasteiger partial charge in [0.2, 0.25) is 0 Å². The summed E-state index contributed by atoms with van der Waals surface area (Å²) in [7, 11) is -4.16. The predicted molar refractivity (Wildman–Crippen MR) is 50.3 cm³/mol. The topological polar surface area (TPSA) is 101 Å². The van der Waals surface area contributed by atoms with E-state index in [4.69, 9.17) is 15.4 Å². The van der Waals surface area contributed by atoms with E-state index in [1.54, 1.807) is 0 Å². The number of aliphatic hydroxyl groups excluding tert-OH is 1. The van der Waals surface area contributed by atoms with Gasteiger partial charge in [-0.05, 0) is 17.7 Å². The molecule has 5 nitrogen and oxygen atoms in total. The predicted octanol–water partition coefficient (Wildman–Crippen LogP) is -0.0746. The van der Waals surface area contributed by atoms with Crippen LogP contribution in [-0.2, 0) is 10.1 Å². The molecule has 14 heavy (non-hydrogen) atoms. The molecule has 0 aliphatic carbocycles. The van der Waals surface area contributed by atoms with Crippen LogP contribution in [0.1, 0.15) is 11.6 Å². The lowest BCUT2D eigenvalue weighted by Crippen LogP contribution is -2.14. The molecular weight excluding hydrogens is 206 g/mol. The molecule has 0 saturated heterocycles. The van der Waals surface area contributed by atoms with Gasteiger partial charge in [-0.2, -0.15) is 8.42 Å². The summed E-state index contributed by atoms with van der Waals surface area (Å²) < 4.78 is 30.0. The number of hydrogen-bond donors (Lipinski definition) is 3. The zero-order chi connectivity index (χ0) is 10.8. The van der Waals surface area contributed by atoms with Crippen LogP contribution in [0.3, 0.4) is 0 Å². The van der Waals surface area contributed by atoms with E-state index in [-0.39, 0.29) is 11.5 Å². The van der Waals surface area contributed by atoms with Gasteiger partial charge in [-0.1, -0.05) is 12.1 Å². The van der Waals surface area contributed by atoms with E-state index in [2.05, 4.69) is 0 Å². The summed E-state index contributed by atoms with van der Waals surface area (Å²) in [5.74, 6) is 0. The molecule has 6 heteroatoms. The normalized spacial score (nSPS) is 13.9. The summed E-state index contributed by atoms with van der Waals surface area (Å²) in [5.41, 5.74) is 6.10. The fourth-order valence-electron chi connectivity index (χ4n) is 0.992. The lowest BCUT2D eigenvalue weighted by molar-refractivity contribution is 0.268. The van der Waals surface area contributed by atoms with Gasteiger partial charge in [-0.15, -0.1) is 0 Å². The van der Waals surface area contributed by atoms with Crippen molar-refractivity contribution in [1.82, 2.24) is 0 Å². The van der Waals surface area contributed by atoms with Crippen LogP contribution in [0.4, 0.5) is 0 Å². The standard InChI is InChI=1S/C8H11NO4S/c9-8(5-10)6-1-3-7(4-2-6)14(11,12)13/h1-4,8,10H,5,9H2,(H,11,12,13)/t8-/m1/s1. The van der Waals surface area contributed by atoms with Crippen molar-refractivity contribution in [2.75, 3.05) is 6.61 Å². The van der Waals surface area contributed by atoms with Crippen molar-refractivity contribution in [3.63, 3.8) is 0 Å². The Bertz CT molecular complexity index is 398. The van der Waals surface area contributed by atoms with Crippen LogP contribution < -0.4 is 5.73 Å². The number of benzene rings is 1. The van der Waals surface area contributed by atoms with E-state index in [9.17, 15) is 8.42 Å². The van der Waals surface area contributed by atoms with Crippen molar-refractivity contribution < 1.29 is 18.1 Å². The minimum absolute atomic E-state index is 0.189. The average molecular weight is 217 g/mol. The molecule has 1 aromatic carbocycles. The number of hydrogen-bond acceptors (Lipinski definition) is 4. The molecule has 1 atom stereocenters. The molecule has 0 unspecified atom stereocenters. The van der Waals surface area contributed by atoms with Crippen LogP contribution in [0.15, 0.2) is 29.2 Å². The van der Waals surface area contributed by atoms with Gasteiger partial charge in [0.1, 0.15) is 0 Å². The smallest absolute Gasteiger partial charge is 0.294 e. The van der Waals surface area contributed by atoms with E-state index >= 15 is 0 Å². The van der Waals surface area contributed by atoms with Crippen molar-refractivity contribution in [3.8, 4) is 0 Å². The molecule has 0 amide bonds. The zero-order valence-corrected chi connectivity index (χ0v) is 8.11. The monoisotopic (exact) mass is 217 g/mol. The van der Waals surface area contributed by atoms with Crippen LogP contribution in [0.5, 0.6) is 0 Å². The summed E-state index contributed by atoms with van der Waals surface area (Å²) in [5, 5.41) is 8.72. The maximum absolute atomic E-state index is 10.7. The second-order valence-electron chi connectivity index (χ2n) is 2.83. The highest BCUT2D eigenvalue weighted by atomic mass is 32.2. The Labute approximate surface area is 81.9 Å². The molecule has 0 spiro atoms. The molecule has 1 rings (SSSR count). The van der Waals surface area contributed by atoms with E-state index in [1.807, 2.05) is 0 Å². The largest absolute Gasteiger partial charge is 0.394 e. The van der Waals surface area contributed by atoms with Crippen LogP contribution in [0.2, 0.25) is 0 Å². The van der Waals surface area contributed by atoms with E-state index < -0.39 is 16.2 Å². The summed E-state index contributed by atoms with van der Waals surface area (Å²) >= 11 is 0. The molecule has 0 bridgehead atoms. The summed E-state index contributed by atoms with van der Waals surface area (Å²) in [6, 6.07) is 4.83. The second-order valence-corrected chi connectivity index (χ2v) is 4.25. The van der Waals surface area contributed by atoms with Crippen molar-refractivity contribution >= 4 is 10.1 Å². The molecule has 4 N–H and O–H groups in total. The zero-order valence-electron chi connectivity index (χ0n) is 7.29. The van der Waals surface area contributed by atoms with Gasteiger partial charge in [-0.25, -0.2) is 0 Å². The third-order valence-electron chi connectivity index (χ3n) is 1.80. The minimum Gasteiger partial charge on any atom is -0.394 e. The Morgan fingerprint density at radius 2 is 1.79 bits per heavy atom. The lowest BCUT2D eigenvalue weighted by Gasteiger charge is -2.08. The van der Waals surface area contributed by atoms with Crippen LogP contribution in [-0.4, -0.2) is 24.7 Å². The van der Waals surface area contributed by atoms with E-state index in [1.165, 1.54) is 24.3 Å². The van der Waals surface area contributed by atoms with Gasteiger partial charge in [0.25, 0.3) is 10.1 Å². The fourth-order valence-corrected chi connectivity index (χ4v) is 1.47. The molecule has 0 radical (unpaired) electrons. The first-order chi connectivity index (χ1) is 6.45. The Balaban J connectivity index is 3.01. The van der Waals surface area contributed by atoms with Crippen molar-refractivity contribution in [2.45, 2.75) is 10.9 Å². The maximum Gasteiger partial charge on any atom is 0.294 e. The van der Waals surface area contributed by atoms with Gasteiger partial charge in [0.05, 0.1) is 17.5 Å². The Kier molecular flexibility index (Phi) is 3.22. The number of rotatable bonds is 3. The van der Waals surface area contributed by atoms with E-state index in [0.29, 0.717) is 5.56 Å². The van der Waals surface area contributed by atoms with Crippen molar-refractivity contribution in [2.24, 2.45) is 5.73 Å². The Morgan fingerprint density at radius 1 is 1.29 bits per heavy atom. The molecule has 0 heterocycles. The van der Waals surface area contributed by atoms with Gasteiger partial charge in [-0.3, -0.25) is 4.55 Å².